The zero-order valence-corrected chi connectivity index (χ0v) is 25.7. The molecule has 5 heteroatoms. The van der Waals surface area contributed by atoms with E-state index in [9.17, 15) is 0 Å². The summed E-state index contributed by atoms with van der Waals surface area (Å²) >= 11 is 0. The summed E-state index contributed by atoms with van der Waals surface area (Å²) in [5.74, 6) is 0. The molecule has 11 rings (SSSR count). The van der Waals surface area contributed by atoms with Gasteiger partial charge in [-0.2, -0.15) is 0 Å². The van der Waals surface area contributed by atoms with Gasteiger partial charge in [-0.15, -0.1) is 0 Å². The van der Waals surface area contributed by atoms with Crippen LogP contribution in [0.4, 0.5) is 0 Å². The number of hydrogen-bond donors (Lipinski definition) is 0. The van der Waals surface area contributed by atoms with Crippen LogP contribution in [0.1, 0.15) is 0 Å². The van der Waals surface area contributed by atoms with Crippen molar-refractivity contribution in [3.63, 3.8) is 0 Å². The molecule has 5 heterocycles. The van der Waals surface area contributed by atoms with Crippen LogP contribution in [-0.4, -0.2) is 18.5 Å². The highest BCUT2D eigenvalue weighted by Crippen LogP contribution is 2.49. The Balaban J connectivity index is 1.38. The zero-order valence-electron chi connectivity index (χ0n) is 25.7. The largest absolute Gasteiger partial charge is 0.454 e. The fourth-order valence-electron chi connectivity index (χ4n) is 7.88. The van der Waals surface area contributed by atoms with E-state index in [1.54, 1.807) is 0 Å². The van der Waals surface area contributed by atoms with Crippen LogP contribution in [0.3, 0.4) is 0 Å². The third-order valence-electron chi connectivity index (χ3n) is 9.83. The predicted octanol–water partition coefficient (Wildman–Crippen LogP) is 11.1. The molecule has 0 spiro atoms. The number of furan rings is 1. The second kappa shape index (κ2) is 9.47. The van der Waals surface area contributed by atoms with Crippen molar-refractivity contribution in [2.45, 2.75) is 0 Å². The predicted molar refractivity (Wildman–Crippen MR) is 197 cm³/mol. The first-order chi connectivity index (χ1) is 23.8. The van der Waals surface area contributed by atoms with Gasteiger partial charge in [0, 0.05) is 61.6 Å². The van der Waals surface area contributed by atoms with Crippen LogP contribution < -0.4 is 0 Å². The highest BCUT2D eigenvalue weighted by Gasteiger charge is 2.27. The molecule has 48 heavy (non-hydrogen) atoms. The molecule has 0 radical (unpaired) electrons. The summed E-state index contributed by atoms with van der Waals surface area (Å²) in [4.78, 5) is 4.96. The molecule has 0 aliphatic rings. The number of para-hydroxylation sites is 4. The molecule has 0 N–H and O–H groups in total. The Labute approximate surface area is 274 Å². The minimum Gasteiger partial charge on any atom is -0.454 e. The molecule has 5 nitrogen and oxygen atoms in total. The van der Waals surface area contributed by atoms with Crippen molar-refractivity contribution < 1.29 is 4.42 Å². The number of nitrogens with zero attached hydrogens (tertiary/aromatic N) is 4. The third kappa shape index (κ3) is 3.37. The van der Waals surface area contributed by atoms with Crippen LogP contribution in [0, 0.1) is 0 Å². The summed E-state index contributed by atoms with van der Waals surface area (Å²) in [5.41, 5.74) is 11.4. The fraction of sp³-hybridized carbons (Fsp3) is 0. The summed E-state index contributed by atoms with van der Waals surface area (Å²) in [5, 5.41) is 7.01. The van der Waals surface area contributed by atoms with E-state index in [-0.39, 0.29) is 0 Å². The van der Waals surface area contributed by atoms with Crippen LogP contribution >= 0.6 is 0 Å². The SMILES string of the molecule is c1ccc(-n2c3ccccc3c3c2c2oc4ccccc4c2c2c4ccccc4n(-c4cccc(-c5cn6ccccc6n5)c4)c23)cc1. The zero-order chi connectivity index (χ0) is 31.3. The van der Waals surface area contributed by atoms with Gasteiger partial charge < -0.3 is 18.0 Å². The van der Waals surface area contributed by atoms with Crippen LogP contribution in [0.2, 0.25) is 0 Å². The Bertz CT molecular complexity index is 3030. The van der Waals surface area contributed by atoms with E-state index in [0.29, 0.717) is 0 Å². The summed E-state index contributed by atoms with van der Waals surface area (Å²) in [6.45, 7) is 0. The normalized spacial score (nSPS) is 12.2. The van der Waals surface area contributed by atoms with E-state index < -0.39 is 0 Å². The number of pyridine rings is 1. The lowest BCUT2D eigenvalue weighted by Gasteiger charge is -2.12. The molecule has 0 saturated heterocycles. The maximum absolute atomic E-state index is 6.89. The molecule has 0 aliphatic heterocycles. The molecule has 5 aromatic heterocycles. The van der Waals surface area contributed by atoms with E-state index in [1.165, 1.54) is 27.1 Å². The van der Waals surface area contributed by atoms with Crippen LogP contribution in [0.15, 0.2) is 162 Å². The maximum Gasteiger partial charge on any atom is 0.160 e. The second-order valence-corrected chi connectivity index (χ2v) is 12.4. The standard InChI is InChI=1S/C43H26N4O/c1-2-14-28(15-3-1)46-35-21-8-5-18-31(35)40-41-38(39-32-19-6-9-22-36(32)48-43(39)42(40)46)30-17-4-7-20-34(30)47(41)29-16-12-13-27(25-29)33-26-45-24-11-10-23-37(45)44-33/h1-26H. The number of hydrogen-bond acceptors (Lipinski definition) is 2. The molecule has 0 atom stereocenters. The van der Waals surface area contributed by atoms with Crippen molar-refractivity contribution >= 4 is 71.2 Å². The lowest BCUT2D eigenvalue weighted by Crippen LogP contribution is -1.96. The van der Waals surface area contributed by atoms with Crippen LogP contribution in [0.25, 0.3) is 93.8 Å². The first-order valence-electron chi connectivity index (χ1n) is 16.2. The Morgan fingerprint density at radius 3 is 1.98 bits per heavy atom. The van der Waals surface area contributed by atoms with Crippen molar-refractivity contribution in [3.05, 3.63) is 158 Å². The van der Waals surface area contributed by atoms with Crippen LogP contribution in [-0.2, 0) is 0 Å². The number of benzene rings is 6. The average Bonchev–Trinajstić information content (AvgIpc) is 3.91. The second-order valence-electron chi connectivity index (χ2n) is 12.4. The number of aromatic nitrogens is 4. The molecule has 0 fully saturated rings. The van der Waals surface area contributed by atoms with Gasteiger partial charge in [-0.1, -0.05) is 91.0 Å². The molecule has 0 bridgehead atoms. The van der Waals surface area contributed by atoms with E-state index in [1.807, 2.05) is 24.4 Å². The smallest absolute Gasteiger partial charge is 0.160 e. The molecule has 11 aromatic rings. The number of imidazole rings is 1. The van der Waals surface area contributed by atoms with Gasteiger partial charge in [-0.3, -0.25) is 0 Å². The van der Waals surface area contributed by atoms with Crippen molar-refractivity contribution in [2.24, 2.45) is 0 Å². The van der Waals surface area contributed by atoms with Gasteiger partial charge in [0.15, 0.2) is 5.58 Å². The lowest BCUT2D eigenvalue weighted by molar-refractivity contribution is 0.671. The minimum absolute atomic E-state index is 0.886. The topological polar surface area (TPSA) is 40.3 Å². The van der Waals surface area contributed by atoms with Crippen molar-refractivity contribution in [1.82, 2.24) is 18.5 Å². The Morgan fingerprint density at radius 2 is 1.17 bits per heavy atom. The minimum atomic E-state index is 0.886. The molecule has 224 valence electrons. The van der Waals surface area contributed by atoms with E-state index >= 15 is 0 Å². The van der Waals surface area contributed by atoms with Gasteiger partial charge in [-0.25, -0.2) is 4.98 Å². The van der Waals surface area contributed by atoms with Gasteiger partial charge in [-0.05, 0) is 54.6 Å². The quantitative estimate of drug-likeness (QED) is 0.199. The fourth-order valence-corrected chi connectivity index (χ4v) is 7.88. The molecule has 0 saturated carbocycles. The Hall–Kier alpha value is -6.59. The van der Waals surface area contributed by atoms with Gasteiger partial charge >= 0.3 is 0 Å². The monoisotopic (exact) mass is 614 g/mol. The Morgan fingerprint density at radius 1 is 0.500 bits per heavy atom. The lowest BCUT2D eigenvalue weighted by atomic mass is 10.0. The summed E-state index contributed by atoms with van der Waals surface area (Å²) in [7, 11) is 0. The summed E-state index contributed by atoms with van der Waals surface area (Å²) in [6.07, 6.45) is 4.15. The van der Waals surface area contributed by atoms with E-state index in [0.717, 1.165) is 66.8 Å². The van der Waals surface area contributed by atoms with E-state index in [4.69, 9.17) is 9.40 Å². The number of rotatable bonds is 3. The Kier molecular flexibility index (Phi) is 5.05. The van der Waals surface area contributed by atoms with Crippen molar-refractivity contribution in [1.29, 1.82) is 0 Å². The molecule has 6 aromatic carbocycles. The first-order valence-corrected chi connectivity index (χ1v) is 16.2. The van der Waals surface area contributed by atoms with Gasteiger partial charge in [0.25, 0.3) is 0 Å². The third-order valence-corrected chi connectivity index (χ3v) is 9.83. The summed E-state index contributed by atoms with van der Waals surface area (Å²) < 4.78 is 13.8. The van der Waals surface area contributed by atoms with Gasteiger partial charge in [0.2, 0.25) is 0 Å². The van der Waals surface area contributed by atoms with Crippen LogP contribution in [0.5, 0.6) is 0 Å². The molecule has 0 aliphatic carbocycles. The van der Waals surface area contributed by atoms with Crippen molar-refractivity contribution in [2.75, 3.05) is 0 Å². The molecule has 0 unspecified atom stereocenters. The summed E-state index contributed by atoms with van der Waals surface area (Å²) in [6, 6.07) is 51.5. The van der Waals surface area contributed by atoms with Gasteiger partial charge in [0.05, 0.1) is 27.8 Å². The molecule has 0 amide bonds. The average molecular weight is 615 g/mol. The molecular formula is C43H26N4O. The maximum atomic E-state index is 6.89. The van der Waals surface area contributed by atoms with Crippen molar-refractivity contribution in [3.8, 4) is 22.6 Å². The van der Waals surface area contributed by atoms with E-state index in [2.05, 4.69) is 147 Å². The highest BCUT2D eigenvalue weighted by molar-refractivity contribution is 6.39. The van der Waals surface area contributed by atoms with Gasteiger partial charge in [0.1, 0.15) is 11.2 Å². The number of fused-ring (bicyclic) bond motifs is 13. The molecular weight excluding hydrogens is 589 g/mol. The first kappa shape index (κ1) is 25.6. The highest BCUT2D eigenvalue weighted by atomic mass is 16.3.